The number of ether oxygens (including phenoxy) is 2. The van der Waals surface area contributed by atoms with Crippen molar-refractivity contribution in [3.63, 3.8) is 0 Å². The molecule has 1 aliphatic rings. The Bertz CT molecular complexity index is 510. The van der Waals surface area contributed by atoms with Crippen LogP contribution in [0.3, 0.4) is 0 Å². The summed E-state index contributed by atoms with van der Waals surface area (Å²) in [5.74, 6) is -1.53. The van der Waals surface area contributed by atoms with E-state index in [-0.39, 0.29) is 30.4 Å². The van der Waals surface area contributed by atoms with Crippen molar-refractivity contribution in [3.8, 4) is 0 Å². The van der Waals surface area contributed by atoms with E-state index >= 15 is 0 Å². The summed E-state index contributed by atoms with van der Waals surface area (Å²) in [4.78, 5) is 38.1. The van der Waals surface area contributed by atoms with Crippen LogP contribution in [0.15, 0.2) is 23.9 Å². The number of nitrogens with zero attached hydrogens (tertiary/aromatic N) is 1. The molecule has 0 N–H and O–H groups in total. The van der Waals surface area contributed by atoms with Gasteiger partial charge >= 0.3 is 11.9 Å². The fourth-order valence-electron chi connectivity index (χ4n) is 2.29. The second kappa shape index (κ2) is 10.6. The highest BCUT2D eigenvalue weighted by atomic mass is 16.5. The first-order valence-electron chi connectivity index (χ1n) is 8.58. The average molecular weight is 337 g/mol. The minimum Gasteiger partial charge on any atom is -0.462 e. The van der Waals surface area contributed by atoms with Gasteiger partial charge in [0.1, 0.15) is 5.70 Å². The van der Waals surface area contributed by atoms with Gasteiger partial charge in [0, 0.05) is 13.0 Å². The lowest BCUT2D eigenvalue weighted by Gasteiger charge is -2.20. The third-order valence-electron chi connectivity index (χ3n) is 3.68. The highest BCUT2D eigenvalue weighted by Gasteiger charge is 2.33. The molecule has 0 aromatic carbocycles. The lowest BCUT2D eigenvalue weighted by Crippen LogP contribution is -2.32. The number of rotatable bonds is 10. The van der Waals surface area contributed by atoms with Crippen molar-refractivity contribution in [2.45, 2.75) is 52.4 Å². The van der Waals surface area contributed by atoms with E-state index < -0.39 is 11.9 Å². The minimum absolute atomic E-state index is 0.0112. The first-order valence-corrected chi connectivity index (χ1v) is 8.58. The fraction of sp³-hybridized carbons (Fsp3) is 0.611. The molecule has 0 saturated carbocycles. The summed E-state index contributed by atoms with van der Waals surface area (Å²) in [5.41, 5.74) is -0.0621. The fourth-order valence-corrected chi connectivity index (χ4v) is 2.29. The third kappa shape index (κ3) is 5.51. The van der Waals surface area contributed by atoms with E-state index in [9.17, 15) is 14.4 Å². The molecule has 0 atom stereocenters. The summed E-state index contributed by atoms with van der Waals surface area (Å²) in [7, 11) is 0. The number of carbonyl (C=O) groups excluding carboxylic acids is 3. The van der Waals surface area contributed by atoms with Gasteiger partial charge in [-0.3, -0.25) is 4.79 Å². The van der Waals surface area contributed by atoms with Crippen LogP contribution in [0.5, 0.6) is 0 Å². The van der Waals surface area contributed by atoms with Gasteiger partial charge in [-0.15, -0.1) is 0 Å². The normalized spacial score (nSPS) is 15.1. The van der Waals surface area contributed by atoms with Gasteiger partial charge < -0.3 is 14.4 Å². The first-order chi connectivity index (χ1) is 11.6. The molecule has 1 saturated heterocycles. The predicted octanol–water partition coefficient (Wildman–Crippen LogP) is 2.74. The van der Waals surface area contributed by atoms with E-state index in [0.717, 1.165) is 25.7 Å². The predicted molar refractivity (Wildman–Crippen MR) is 89.9 cm³/mol. The molecule has 0 radical (unpaired) electrons. The zero-order valence-electron chi connectivity index (χ0n) is 14.6. The van der Waals surface area contributed by atoms with E-state index in [2.05, 4.69) is 6.58 Å². The number of carbonyl (C=O) groups is 3. The Balaban J connectivity index is 3.06. The van der Waals surface area contributed by atoms with Crippen molar-refractivity contribution >= 4 is 17.8 Å². The molecule has 1 fully saturated rings. The molecule has 0 aromatic heterocycles. The molecular weight excluding hydrogens is 310 g/mol. The molecule has 1 amide bonds. The second-order valence-electron chi connectivity index (χ2n) is 5.59. The topological polar surface area (TPSA) is 72.9 Å². The minimum atomic E-state index is -0.680. The molecule has 0 bridgehead atoms. The Morgan fingerprint density at radius 2 is 1.71 bits per heavy atom. The van der Waals surface area contributed by atoms with Crippen LogP contribution in [0.25, 0.3) is 0 Å². The van der Waals surface area contributed by atoms with Gasteiger partial charge in [0.05, 0.1) is 18.8 Å². The SMILES string of the molecule is C=C/C(C(=O)OCCCC)=C(\C(=O)OCCCC)N1CCCC1=O. The number of likely N-dealkylation sites (tertiary alicyclic amines) is 1. The Labute approximate surface area is 143 Å². The van der Waals surface area contributed by atoms with Crippen LogP contribution in [0.2, 0.25) is 0 Å². The van der Waals surface area contributed by atoms with Crippen molar-refractivity contribution in [2.24, 2.45) is 0 Å². The van der Waals surface area contributed by atoms with Crippen molar-refractivity contribution in [3.05, 3.63) is 23.9 Å². The number of unbranched alkanes of at least 4 members (excludes halogenated alkanes) is 2. The van der Waals surface area contributed by atoms with Gasteiger partial charge in [0.2, 0.25) is 5.91 Å². The van der Waals surface area contributed by atoms with Gasteiger partial charge in [-0.1, -0.05) is 39.3 Å². The van der Waals surface area contributed by atoms with Crippen molar-refractivity contribution < 1.29 is 23.9 Å². The molecule has 0 aliphatic carbocycles. The maximum absolute atomic E-state index is 12.5. The summed E-state index contributed by atoms with van der Waals surface area (Å²) < 4.78 is 10.4. The number of esters is 2. The lowest BCUT2D eigenvalue weighted by molar-refractivity contribution is -0.145. The van der Waals surface area contributed by atoms with Crippen LogP contribution in [0, 0.1) is 0 Å². The summed E-state index contributed by atoms with van der Waals surface area (Å²) in [6.45, 7) is 8.46. The molecule has 1 aliphatic heterocycles. The maximum atomic E-state index is 12.5. The molecule has 6 heteroatoms. The molecule has 0 aromatic rings. The molecule has 0 unspecified atom stereocenters. The van der Waals surface area contributed by atoms with Gasteiger partial charge in [0.25, 0.3) is 0 Å². The van der Waals surface area contributed by atoms with Crippen LogP contribution in [0.4, 0.5) is 0 Å². The van der Waals surface area contributed by atoms with Crippen molar-refractivity contribution in [1.82, 2.24) is 4.90 Å². The standard InChI is InChI=1S/C18H27NO5/c1-4-7-12-23-17(21)14(6-3)16(18(22)24-13-8-5-2)19-11-9-10-15(19)20/h6H,3-5,7-13H2,1-2H3/b16-14-. The summed E-state index contributed by atoms with van der Waals surface area (Å²) in [6, 6.07) is 0. The van der Waals surface area contributed by atoms with Gasteiger partial charge in [-0.25, -0.2) is 9.59 Å². The first kappa shape index (κ1) is 19.9. The smallest absolute Gasteiger partial charge is 0.355 e. The van der Waals surface area contributed by atoms with E-state index in [0.29, 0.717) is 19.4 Å². The van der Waals surface area contributed by atoms with Crippen LogP contribution in [0.1, 0.15) is 52.4 Å². The van der Waals surface area contributed by atoms with Crippen LogP contribution < -0.4 is 0 Å². The zero-order chi connectivity index (χ0) is 17.9. The number of hydrogen-bond acceptors (Lipinski definition) is 5. The second-order valence-corrected chi connectivity index (χ2v) is 5.59. The van der Waals surface area contributed by atoms with Gasteiger partial charge in [0.15, 0.2) is 0 Å². The van der Waals surface area contributed by atoms with E-state index in [1.165, 1.54) is 11.0 Å². The van der Waals surface area contributed by atoms with Crippen LogP contribution in [-0.4, -0.2) is 42.5 Å². The third-order valence-corrected chi connectivity index (χ3v) is 3.68. The molecule has 1 heterocycles. The van der Waals surface area contributed by atoms with Crippen molar-refractivity contribution in [1.29, 1.82) is 0 Å². The molecule has 24 heavy (non-hydrogen) atoms. The molecule has 6 nitrogen and oxygen atoms in total. The van der Waals surface area contributed by atoms with E-state index in [1.807, 2.05) is 13.8 Å². The molecular formula is C18H27NO5. The van der Waals surface area contributed by atoms with Gasteiger partial charge in [-0.05, 0) is 19.3 Å². The summed E-state index contributed by atoms with van der Waals surface area (Å²) >= 11 is 0. The highest BCUT2D eigenvalue weighted by Crippen LogP contribution is 2.22. The van der Waals surface area contributed by atoms with Gasteiger partial charge in [-0.2, -0.15) is 0 Å². The highest BCUT2D eigenvalue weighted by molar-refractivity contribution is 6.04. The quantitative estimate of drug-likeness (QED) is 0.265. The Morgan fingerprint density at radius 1 is 1.12 bits per heavy atom. The Morgan fingerprint density at radius 3 is 2.17 bits per heavy atom. The molecule has 0 spiro atoms. The number of hydrogen-bond donors (Lipinski definition) is 0. The summed E-state index contributed by atoms with van der Waals surface area (Å²) in [6.07, 6.45) is 5.46. The zero-order valence-corrected chi connectivity index (χ0v) is 14.6. The molecule has 134 valence electrons. The maximum Gasteiger partial charge on any atom is 0.355 e. The monoisotopic (exact) mass is 337 g/mol. The largest absolute Gasteiger partial charge is 0.462 e. The van der Waals surface area contributed by atoms with E-state index in [1.54, 1.807) is 0 Å². The Kier molecular flexibility index (Phi) is 8.83. The average Bonchev–Trinajstić information content (AvgIpc) is 2.98. The van der Waals surface area contributed by atoms with Crippen molar-refractivity contribution in [2.75, 3.05) is 19.8 Å². The van der Waals surface area contributed by atoms with E-state index in [4.69, 9.17) is 9.47 Å². The molecule has 1 rings (SSSR count). The Hall–Kier alpha value is -2.11. The summed E-state index contributed by atoms with van der Waals surface area (Å²) in [5, 5.41) is 0. The van der Waals surface area contributed by atoms with Crippen LogP contribution in [-0.2, 0) is 23.9 Å². The number of amides is 1. The van der Waals surface area contributed by atoms with Crippen LogP contribution >= 0.6 is 0 Å². The lowest BCUT2D eigenvalue weighted by atomic mass is 10.1.